The average Bonchev–Trinajstić information content (AvgIpc) is 3.65. The fourth-order valence-corrected chi connectivity index (χ4v) is 9.56. The van der Waals surface area contributed by atoms with Gasteiger partial charge in [-0.25, -0.2) is 4.79 Å². The molecule has 11 heteroatoms. The molecule has 0 spiro atoms. The molecule has 2 heterocycles. The standard InChI is InChI=1S/C36H44O11/c1-9-19(4)31(41)46-29-27(39)36(47-30(40)18(2)3)26-21(34(7)23(15-24(37)43-8)33(29,6)17-35(34,36)42)10-12-32(5)22(26)14-25(38)45-28(32)20-11-13-44-16-20/h11,13-14,16,18-19,23,28-29,42H,9-10,12,15,17H2,1-8H3/t19-,23-,28-,29+,32+,33-,34+,35+,36+/m0/s1. The van der Waals surface area contributed by atoms with E-state index in [-0.39, 0.29) is 18.4 Å². The van der Waals surface area contributed by atoms with Crippen LogP contribution < -0.4 is 0 Å². The summed E-state index contributed by atoms with van der Waals surface area (Å²) >= 11 is 0. The molecular weight excluding hydrogens is 608 g/mol. The number of carbonyl (C=O) groups excluding carboxylic acids is 5. The van der Waals surface area contributed by atoms with E-state index in [0.717, 1.165) is 0 Å². The number of Topliss-reactive ketones (excluding diaryl/α,β-unsaturated/α-hetero) is 1. The number of aliphatic hydroxyl groups is 1. The summed E-state index contributed by atoms with van der Waals surface area (Å²) in [5.41, 5.74) is -6.01. The highest BCUT2D eigenvalue weighted by Gasteiger charge is 2.88. The number of hydrogen-bond donors (Lipinski definition) is 1. The number of cyclic esters (lactones) is 1. The van der Waals surface area contributed by atoms with Gasteiger partial charge in [-0.3, -0.25) is 19.2 Å². The molecule has 2 bridgehead atoms. The van der Waals surface area contributed by atoms with E-state index in [1.54, 1.807) is 40.7 Å². The van der Waals surface area contributed by atoms with Gasteiger partial charge in [-0.2, -0.15) is 0 Å². The molecule has 4 aliphatic carbocycles. The summed E-state index contributed by atoms with van der Waals surface area (Å²) in [6.07, 6.45) is 2.92. The molecule has 1 aromatic rings. The summed E-state index contributed by atoms with van der Waals surface area (Å²) in [7, 11) is 1.27. The highest BCUT2D eigenvalue weighted by molar-refractivity contribution is 6.05. The number of hydrogen-bond acceptors (Lipinski definition) is 11. The van der Waals surface area contributed by atoms with E-state index in [2.05, 4.69) is 0 Å². The lowest BCUT2D eigenvalue weighted by Crippen LogP contribution is -2.70. The number of fused-ring (bicyclic) bond motifs is 5. The molecule has 1 aliphatic heterocycles. The molecule has 0 unspecified atom stereocenters. The Labute approximate surface area is 274 Å². The highest BCUT2D eigenvalue weighted by atomic mass is 16.6. The number of rotatable bonds is 8. The number of ether oxygens (including phenoxy) is 4. The van der Waals surface area contributed by atoms with Crippen LogP contribution in [0.15, 0.2) is 45.8 Å². The van der Waals surface area contributed by atoms with Crippen LogP contribution in [0.25, 0.3) is 0 Å². The van der Waals surface area contributed by atoms with Gasteiger partial charge in [0, 0.05) is 39.9 Å². The minimum absolute atomic E-state index is 0.125. The maximum atomic E-state index is 15.4. The van der Waals surface area contributed by atoms with Gasteiger partial charge in [0.1, 0.15) is 11.7 Å². The van der Waals surface area contributed by atoms with Gasteiger partial charge in [0.2, 0.25) is 11.4 Å². The largest absolute Gasteiger partial charge is 0.472 e. The molecule has 9 atom stereocenters. The van der Waals surface area contributed by atoms with Crippen molar-refractivity contribution in [3.8, 4) is 0 Å². The fraction of sp³-hybridized carbons (Fsp3) is 0.639. The number of ketones is 1. The second-order valence-electron chi connectivity index (χ2n) is 15.0. The molecule has 254 valence electrons. The van der Waals surface area contributed by atoms with Crippen molar-refractivity contribution < 1.29 is 52.4 Å². The predicted octanol–water partition coefficient (Wildman–Crippen LogP) is 4.72. The van der Waals surface area contributed by atoms with E-state index in [1.165, 1.54) is 25.7 Å². The third-order valence-electron chi connectivity index (χ3n) is 12.3. The predicted molar refractivity (Wildman–Crippen MR) is 164 cm³/mol. The molecule has 6 rings (SSSR count). The number of esters is 4. The van der Waals surface area contributed by atoms with E-state index < -0.39 is 87.1 Å². The Morgan fingerprint density at radius 1 is 1.11 bits per heavy atom. The molecule has 5 aliphatic rings. The Kier molecular flexibility index (Phi) is 7.51. The topological polar surface area (TPSA) is 156 Å². The molecule has 47 heavy (non-hydrogen) atoms. The maximum Gasteiger partial charge on any atom is 0.331 e. The van der Waals surface area contributed by atoms with Crippen LogP contribution in [0.3, 0.4) is 0 Å². The molecule has 11 nitrogen and oxygen atoms in total. The Morgan fingerprint density at radius 2 is 1.81 bits per heavy atom. The zero-order valence-corrected chi connectivity index (χ0v) is 28.3. The molecule has 1 N–H and O–H groups in total. The second kappa shape index (κ2) is 10.6. The van der Waals surface area contributed by atoms with Gasteiger partial charge in [0.15, 0.2) is 6.10 Å². The van der Waals surface area contributed by atoms with Gasteiger partial charge < -0.3 is 28.5 Å². The first-order valence-electron chi connectivity index (χ1n) is 16.4. The number of methoxy groups -OCH3 is 1. The molecule has 0 saturated heterocycles. The second-order valence-corrected chi connectivity index (χ2v) is 15.0. The van der Waals surface area contributed by atoms with Crippen LogP contribution in [-0.4, -0.2) is 59.2 Å². The lowest BCUT2D eigenvalue weighted by Gasteiger charge is -2.53. The smallest absolute Gasteiger partial charge is 0.331 e. The highest BCUT2D eigenvalue weighted by Crippen LogP contribution is 2.80. The summed E-state index contributed by atoms with van der Waals surface area (Å²) in [4.78, 5) is 69.1. The molecular formula is C36H44O11. The summed E-state index contributed by atoms with van der Waals surface area (Å²) < 4.78 is 28.8. The van der Waals surface area contributed by atoms with Gasteiger partial charge in [0.25, 0.3) is 0 Å². The lowest BCUT2D eigenvalue weighted by molar-refractivity contribution is -0.219. The van der Waals surface area contributed by atoms with E-state index in [9.17, 15) is 24.3 Å². The Morgan fingerprint density at radius 3 is 2.40 bits per heavy atom. The summed E-state index contributed by atoms with van der Waals surface area (Å²) in [5, 5.41) is 13.3. The first-order chi connectivity index (χ1) is 22.0. The average molecular weight is 653 g/mol. The van der Waals surface area contributed by atoms with Crippen LogP contribution in [-0.2, 0) is 42.9 Å². The van der Waals surface area contributed by atoms with Crippen molar-refractivity contribution in [2.75, 3.05) is 7.11 Å². The van der Waals surface area contributed by atoms with Crippen LogP contribution in [0, 0.1) is 34.0 Å². The lowest BCUT2D eigenvalue weighted by atomic mass is 9.55. The first kappa shape index (κ1) is 33.2. The van der Waals surface area contributed by atoms with Crippen molar-refractivity contribution in [1.82, 2.24) is 0 Å². The van der Waals surface area contributed by atoms with Crippen LogP contribution in [0.5, 0.6) is 0 Å². The van der Waals surface area contributed by atoms with Gasteiger partial charge in [-0.15, -0.1) is 0 Å². The zero-order chi connectivity index (χ0) is 34.5. The van der Waals surface area contributed by atoms with Crippen LogP contribution >= 0.6 is 0 Å². The zero-order valence-electron chi connectivity index (χ0n) is 28.3. The van der Waals surface area contributed by atoms with E-state index >= 15 is 4.79 Å². The normalized spacial score (nSPS) is 39.1. The molecule has 0 aromatic carbocycles. The molecule has 0 radical (unpaired) electrons. The number of carbonyl (C=O) groups is 5. The van der Waals surface area contributed by atoms with Gasteiger partial charge in [0.05, 0.1) is 31.5 Å². The number of furan rings is 1. The molecule has 2 fully saturated rings. The monoisotopic (exact) mass is 652 g/mol. The van der Waals surface area contributed by atoms with Crippen molar-refractivity contribution in [1.29, 1.82) is 0 Å². The Balaban J connectivity index is 1.68. The van der Waals surface area contributed by atoms with E-state index in [4.69, 9.17) is 23.4 Å². The van der Waals surface area contributed by atoms with Crippen molar-refractivity contribution in [3.05, 3.63) is 47.0 Å². The third-order valence-corrected chi connectivity index (χ3v) is 12.3. The SMILES string of the molecule is CC[C@H](C)C(=O)O[C@@H]1C(=O)[C@]2(OC(=O)C(C)C)C3=C(CC[C@]4(C)C3=CC(=O)O[C@H]4c3ccoc3)[C@]3(C)[C@@H](CC(=O)OC)[C@]1(C)C[C@]23O. The van der Waals surface area contributed by atoms with E-state index in [0.29, 0.717) is 36.0 Å². The van der Waals surface area contributed by atoms with Crippen molar-refractivity contribution in [2.45, 2.75) is 104 Å². The molecule has 0 amide bonds. The summed E-state index contributed by atoms with van der Waals surface area (Å²) in [5.74, 6) is -5.39. The van der Waals surface area contributed by atoms with Gasteiger partial charge in [-0.05, 0) is 43.2 Å². The van der Waals surface area contributed by atoms with Gasteiger partial charge >= 0.3 is 23.9 Å². The Hall–Kier alpha value is -3.73. The summed E-state index contributed by atoms with van der Waals surface area (Å²) in [6.45, 7) is 12.2. The molecule has 1 aromatic heterocycles. The van der Waals surface area contributed by atoms with Crippen molar-refractivity contribution in [3.63, 3.8) is 0 Å². The molecule has 2 saturated carbocycles. The third kappa shape index (κ3) is 4.04. The van der Waals surface area contributed by atoms with Crippen LogP contribution in [0.2, 0.25) is 0 Å². The minimum Gasteiger partial charge on any atom is -0.472 e. The quantitative estimate of drug-likeness (QED) is 0.306. The minimum atomic E-state index is -2.35. The summed E-state index contributed by atoms with van der Waals surface area (Å²) in [6, 6.07) is 1.71. The van der Waals surface area contributed by atoms with Crippen LogP contribution in [0.1, 0.15) is 92.2 Å². The van der Waals surface area contributed by atoms with Crippen molar-refractivity contribution in [2.24, 2.45) is 34.0 Å². The fourth-order valence-electron chi connectivity index (χ4n) is 9.56. The van der Waals surface area contributed by atoms with Gasteiger partial charge in [-0.1, -0.05) is 54.0 Å². The van der Waals surface area contributed by atoms with Crippen LogP contribution in [0.4, 0.5) is 0 Å². The maximum absolute atomic E-state index is 15.4. The Bertz CT molecular complexity index is 1620. The van der Waals surface area contributed by atoms with E-state index in [1.807, 2.05) is 13.8 Å². The first-order valence-corrected chi connectivity index (χ1v) is 16.4. The van der Waals surface area contributed by atoms with Crippen molar-refractivity contribution >= 4 is 29.7 Å².